The minimum atomic E-state index is -0.948. The first-order valence-electron chi connectivity index (χ1n) is 18.7. The van der Waals surface area contributed by atoms with Crippen LogP contribution in [0.4, 0.5) is 0 Å². The molecule has 5 aliphatic rings. The van der Waals surface area contributed by atoms with Gasteiger partial charge in [0.15, 0.2) is 0 Å². The summed E-state index contributed by atoms with van der Waals surface area (Å²) in [5, 5.41) is 25.9. The Kier molecular flexibility index (Phi) is 9.00. The summed E-state index contributed by atoms with van der Waals surface area (Å²) in [5.74, 6) is 1.22. The van der Waals surface area contributed by atoms with Gasteiger partial charge < -0.3 is 20.8 Å². The van der Waals surface area contributed by atoms with Crippen molar-refractivity contribution in [3.8, 4) is 0 Å². The summed E-state index contributed by atoms with van der Waals surface area (Å²) in [5.41, 5.74) is 2.77. The molecule has 10 atom stereocenters. The number of rotatable bonds is 8. The highest BCUT2D eigenvalue weighted by Crippen LogP contribution is 2.77. The Morgan fingerprint density at radius 3 is 2.21 bits per heavy atom. The van der Waals surface area contributed by atoms with Crippen molar-refractivity contribution in [3.63, 3.8) is 0 Å². The molecule has 2 amide bonds. The van der Waals surface area contributed by atoms with Crippen molar-refractivity contribution in [2.75, 3.05) is 6.54 Å². The smallest absolute Gasteiger partial charge is 0.305 e. The number of carbonyl (C=O) groups excluding carboxylic acids is 2. The highest BCUT2D eigenvalue weighted by Gasteiger charge is 2.71. The van der Waals surface area contributed by atoms with Gasteiger partial charge in [0, 0.05) is 18.7 Å². The molecule has 5 saturated carbocycles. The quantitative estimate of drug-likeness (QED) is 0.215. The van der Waals surface area contributed by atoms with E-state index >= 15 is 0 Å². The van der Waals surface area contributed by atoms with Gasteiger partial charge in [-0.3, -0.25) is 14.4 Å². The number of carboxylic acid groups (broad SMARTS) is 1. The lowest BCUT2D eigenvalue weighted by atomic mass is 9.32. The molecule has 0 radical (unpaired) electrons. The molecule has 7 nitrogen and oxygen atoms in total. The molecule has 264 valence electrons. The fourth-order valence-electron chi connectivity index (χ4n) is 13.0. The van der Waals surface area contributed by atoms with E-state index in [1.54, 1.807) is 12.1 Å². The van der Waals surface area contributed by atoms with Crippen LogP contribution in [0.25, 0.3) is 0 Å². The Labute approximate surface area is 288 Å². The Morgan fingerprint density at radius 1 is 0.833 bits per heavy atom. The van der Waals surface area contributed by atoms with E-state index in [9.17, 15) is 19.5 Å². The van der Waals surface area contributed by atoms with Crippen LogP contribution in [-0.2, 0) is 16.1 Å². The van der Waals surface area contributed by atoms with Gasteiger partial charge in [-0.05, 0) is 140 Å². The van der Waals surface area contributed by atoms with Crippen LogP contribution in [0.5, 0.6) is 0 Å². The van der Waals surface area contributed by atoms with E-state index in [-0.39, 0.29) is 58.0 Å². The van der Waals surface area contributed by atoms with Crippen LogP contribution in [0.15, 0.2) is 36.4 Å². The number of aliphatic hydroxyl groups is 1. The molecule has 1 aromatic carbocycles. The van der Waals surface area contributed by atoms with Crippen LogP contribution in [0.3, 0.4) is 0 Å². The Balaban J connectivity index is 1.21. The van der Waals surface area contributed by atoms with Gasteiger partial charge in [0.1, 0.15) is 0 Å². The fourth-order valence-corrected chi connectivity index (χ4v) is 13.0. The molecule has 0 aromatic heterocycles. The maximum Gasteiger partial charge on any atom is 0.305 e. The van der Waals surface area contributed by atoms with Gasteiger partial charge in [0.25, 0.3) is 5.91 Å². The van der Waals surface area contributed by atoms with Crippen LogP contribution >= 0.6 is 0 Å². The lowest BCUT2D eigenvalue weighted by molar-refractivity contribution is -0.246. The second-order valence-corrected chi connectivity index (χ2v) is 18.0. The van der Waals surface area contributed by atoms with Crippen molar-refractivity contribution in [1.82, 2.24) is 10.6 Å². The first kappa shape index (κ1) is 35.2. The van der Waals surface area contributed by atoms with Crippen molar-refractivity contribution in [3.05, 3.63) is 47.5 Å². The topological polar surface area (TPSA) is 116 Å². The third kappa shape index (κ3) is 5.27. The van der Waals surface area contributed by atoms with Crippen molar-refractivity contribution in [2.45, 2.75) is 125 Å². The molecule has 5 fully saturated rings. The summed E-state index contributed by atoms with van der Waals surface area (Å²) < 4.78 is 0. The maximum atomic E-state index is 14.5. The highest BCUT2D eigenvalue weighted by atomic mass is 16.4. The number of amides is 2. The number of carboxylic acids is 1. The van der Waals surface area contributed by atoms with E-state index in [0.29, 0.717) is 41.7 Å². The van der Waals surface area contributed by atoms with Gasteiger partial charge in [-0.15, -0.1) is 0 Å². The molecule has 7 heteroatoms. The molecule has 48 heavy (non-hydrogen) atoms. The molecule has 4 N–H and O–H groups in total. The normalized spacial score (nSPS) is 41.1. The standard InChI is InChI=1S/C41H60N2O5/c1-25(2)28-14-20-41(36(48)43-24-26-8-10-27(11-9-26)35(47)42-23-17-33(45)46)22-21-39(6)29(34(28)41)12-13-31-38(5)18-16-32(44)37(3,4)30(38)15-19-40(31,39)7/h8-11,28-32,34,44H,1,12-24H2,2-7H3,(H,42,47)(H,43,48)(H,45,46)/t28?,29?,30?,31?,32?,34?,38?,39-,40?,41?/m1/s1. The largest absolute Gasteiger partial charge is 0.481 e. The van der Waals surface area contributed by atoms with E-state index in [0.717, 1.165) is 44.1 Å². The zero-order chi connectivity index (χ0) is 34.9. The molecule has 0 heterocycles. The van der Waals surface area contributed by atoms with E-state index in [2.05, 4.69) is 58.8 Å². The number of aliphatic carboxylic acids is 1. The number of hydrogen-bond acceptors (Lipinski definition) is 4. The molecular formula is C41H60N2O5. The van der Waals surface area contributed by atoms with Gasteiger partial charge in [-0.1, -0.05) is 58.9 Å². The van der Waals surface area contributed by atoms with Crippen molar-refractivity contribution >= 4 is 17.8 Å². The van der Waals surface area contributed by atoms with Gasteiger partial charge in [-0.2, -0.15) is 0 Å². The number of benzene rings is 1. The molecule has 0 aliphatic heterocycles. The second-order valence-electron chi connectivity index (χ2n) is 18.0. The fraction of sp³-hybridized carbons (Fsp3) is 0.732. The predicted octanol–water partition coefficient (Wildman–Crippen LogP) is 7.53. The maximum absolute atomic E-state index is 14.5. The third-order valence-corrected chi connectivity index (χ3v) is 15.8. The molecular weight excluding hydrogens is 600 g/mol. The lowest BCUT2D eigenvalue weighted by Crippen LogP contribution is -2.67. The van der Waals surface area contributed by atoms with Crippen LogP contribution in [0, 0.1) is 56.7 Å². The van der Waals surface area contributed by atoms with E-state index < -0.39 is 5.97 Å². The number of hydrogen-bond donors (Lipinski definition) is 4. The van der Waals surface area contributed by atoms with Gasteiger partial charge in [-0.25, -0.2) is 0 Å². The van der Waals surface area contributed by atoms with Crippen molar-refractivity contribution in [1.29, 1.82) is 0 Å². The number of fused-ring (bicyclic) bond motifs is 7. The van der Waals surface area contributed by atoms with E-state index in [1.165, 1.54) is 31.3 Å². The molecule has 9 unspecified atom stereocenters. The average Bonchev–Trinajstić information content (AvgIpc) is 3.44. The van der Waals surface area contributed by atoms with Crippen LogP contribution in [-0.4, -0.2) is 40.6 Å². The second kappa shape index (κ2) is 12.3. The van der Waals surface area contributed by atoms with Crippen LogP contribution in [0.2, 0.25) is 0 Å². The summed E-state index contributed by atoms with van der Waals surface area (Å²) in [4.78, 5) is 37.7. The molecule has 0 bridgehead atoms. The molecule has 1 aromatic rings. The minimum Gasteiger partial charge on any atom is -0.481 e. The number of nitrogens with one attached hydrogen (secondary N) is 2. The molecule has 6 rings (SSSR count). The van der Waals surface area contributed by atoms with Gasteiger partial charge in [0.2, 0.25) is 5.91 Å². The van der Waals surface area contributed by atoms with E-state index in [4.69, 9.17) is 5.11 Å². The molecule has 0 spiro atoms. The van der Waals surface area contributed by atoms with Crippen LogP contribution < -0.4 is 10.6 Å². The SMILES string of the molecule is C=C(C)C1CCC2(C(=O)NCc3ccc(C(=O)NCCC(=O)O)cc3)CC[C@]3(C)C(CCC4C5(C)CCC(O)C(C)(C)C5CCC43C)C12. The van der Waals surface area contributed by atoms with Crippen molar-refractivity contribution < 1.29 is 24.6 Å². The van der Waals surface area contributed by atoms with Crippen LogP contribution in [0.1, 0.15) is 128 Å². The summed E-state index contributed by atoms with van der Waals surface area (Å²) >= 11 is 0. The first-order valence-corrected chi connectivity index (χ1v) is 18.7. The number of carbonyl (C=O) groups is 3. The highest BCUT2D eigenvalue weighted by molar-refractivity contribution is 5.94. The average molecular weight is 661 g/mol. The summed E-state index contributed by atoms with van der Waals surface area (Å²) in [7, 11) is 0. The zero-order valence-corrected chi connectivity index (χ0v) is 30.3. The minimum absolute atomic E-state index is 0.0585. The Morgan fingerprint density at radius 2 is 1.54 bits per heavy atom. The predicted molar refractivity (Wildman–Crippen MR) is 188 cm³/mol. The first-order chi connectivity index (χ1) is 22.5. The summed E-state index contributed by atoms with van der Waals surface area (Å²) in [6, 6.07) is 7.21. The number of allylic oxidation sites excluding steroid dienone is 1. The zero-order valence-electron chi connectivity index (χ0n) is 30.3. The van der Waals surface area contributed by atoms with Gasteiger partial charge in [0.05, 0.1) is 17.9 Å². The molecule has 5 aliphatic carbocycles. The van der Waals surface area contributed by atoms with Gasteiger partial charge >= 0.3 is 5.97 Å². The summed E-state index contributed by atoms with van der Waals surface area (Å²) in [6.07, 6.45) is 10.4. The third-order valence-electron chi connectivity index (χ3n) is 15.8. The monoisotopic (exact) mass is 660 g/mol. The summed E-state index contributed by atoms with van der Waals surface area (Å²) in [6.45, 7) is 19.6. The molecule has 0 saturated heterocycles. The number of aliphatic hydroxyl groups excluding tert-OH is 1. The van der Waals surface area contributed by atoms with Crippen molar-refractivity contribution in [2.24, 2.45) is 56.7 Å². The Bertz CT molecular complexity index is 1450. The van der Waals surface area contributed by atoms with E-state index in [1.807, 2.05) is 12.1 Å². The Hall–Kier alpha value is -2.67. The lowest BCUT2D eigenvalue weighted by Gasteiger charge is -2.72.